The first-order valence-corrected chi connectivity index (χ1v) is 8.47. The number of esters is 1. The van der Waals surface area contributed by atoms with Crippen LogP contribution in [-0.4, -0.2) is 20.2 Å². The predicted octanol–water partition coefficient (Wildman–Crippen LogP) is 4.40. The van der Waals surface area contributed by atoms with Gasteiger partial charge in [-0.2, -0.15) is 0 Å². The summed E-state index contributed by atoms with van der Waals surface area (Å²) in [5, 5.41) is 3.19. The molecule has 1 atom stereocenters. The van der Waals surface area contributed by atoms with Gasteiger partial charge in [0.1, 0.15) is 5.75 Å². The molecular weight excluding hydrogens is 322 g/mol. The van der Waals surface area contributed by atoms with Gasteiger partial charge in [0.05, 0.1) is 30.7 Å². The van der Waals surface area contributed by atoms with Gasteiger partial charge in [0, 0.05) is 10.6 Å². The molecule has 0 aliphatic carbocycles. The number of hydrogen-bond acceptors (Lipinski definition) is 5. The molecule has 0 amide bonds. The van der Waals surface area contributed by atoms with Crippen LogP contribution in [0, 0.1) is 0 Å². The highest BCUT2D eigenvalue weighted by atomic mass is 32.2. The second kappa shape index (κ2) is 7.01. The first-order valence-electron chi connectivity index (χ1n) is 7.59. The van der Waals surface area contributed by atoms with Crippen molar-refractivity contribution in [1.82, 2.24) is 0 Å². The van der Waals surface area contributed by atoms with Crippen LogP contribution in [0.25, 0.3) is 0 Å². The summed E-state index contributed by atoms with van der Waals surface area (Å²) in [5.74, 6) is 0.470. The quantitative estimate of drug-likeness (QED) is 0.839. The second-order valence-electron chi connectivity index (χ2n) is 5.42. The van der Waals surface area contributed by atoms with Crippen LogP contribution in [0.4, 0.5) is 5.69 Å². The Labute approximate surface area is 145 Å². The van der Waals surface area contributed by atoms with Crippen molar-refractivity contribution < 1.29 is 14.3 Å². The number of methoxy groups -OCH3 is 2. The molecule has 1 heterocycles. The molecule has 1 unspecified atom stereocenters. The Morgan fingerprint density at radius 3 is 2.46 bits per heavy atom. The molecule has 0 saturated carbocycles. The fourth-order valence-electron chi connectivity index (χ4n) is 2.71. The summed E-state index contributed by atoms with van der Waals surface area (Å²) in [4.78, 5) is 13.5. The number of thioether (sulfide) groups is 1. The van der Waals surface area contributed by atoms with Gasteiger partial charge < -0.3 is 14.8 Å². The fourth-order valence-corrected chi connectivity index (χ4v) is 4.05. The van der Waals surface area contributed by atoms with E-state index in [9.17, 15) is 4.79 Å². The molecule has 0 aromatic heterocycles. The molecule has 124 valence electrons. The van der Waals surface area contributed by atoms with Crippen LogP contribution in [0.1, 0.15) is 17.7 Å². The normalized spacial score (nSPS) is 16.7. The van der Waals surface area contributed by atoms with Crippen LogP contribution in [0.2, 0.25) is 0 Å². The minimum absolute atomic E-state index is 0.153. The summed E-state index contributed by atoms with van der Waals surface area (Å²) in [6, 6.07) is 15.8. The third-order valence-electron chi connectivity index (χ3n) is 3.94. The van der Waals surface area contributed by atoms with E-state index in [2.05, 4.69) is 11.4 Å². The van der Waals surface area contributed by atoms with Crippen LogP contribution in [0.5, 0.6) is 5.75 Å². The first-order chi connectivity index (χ1) is 11.6. The average molecular weight is 341 g/mol. The minimum Gasteiger partial charge on any atom is -0.497 e. The van der Waals surface area contributed by atoms with Crippen LogP contribution < -0.4 is 10.1 Å². The SMILES string of the molecule is COC(=O)C1=C(C)Nc2ccccc2SC1c1ccc(OC)cc1. The third-order valence-corrected chi connectivity index (χ3v) is 5.30. The van der Waals surface area contributed by atoms with Gasteiger partial charge in [-0.05, 0) is 36.8 Å². The maximum atomic E-state index is 12.4. The third kappa shape index (κ3) is 3.12. The van der Waals surface area contributed by atoms with Crippen molar-refractivity contribution >= 4 is 23.4 Å². The maximum absolute atomic E-state index is 12.4. The Morgan fingerprint density at radius 2 is 1.79 bits per heavy atom. The van der Waals surface area contributed by atoms with Crippen molar-refractivity contribution in [3.8, 4) is 5.75 Å². The number of nitrogens with one attached hydrogen (secondary N) is 1. The van der Waals surface area contributed by atoms with E-state index in [1.54, 1.807) is 18.9 Å². The first kappa shape index (κ1) is 16.5. The largest absolute Gasteiger partial charge is 0.497 e. The number of anilines is 1. The van der Waals surface area contributed by atoms with Crippen molar-refractivity contribution in [2.24, 2.45) is 0 Å². The van der Waals surface area contributed by atoms with E-state index >= 15 is 0 Å². The van der Waals surface area contributed by atoms with Crippen molar-refractivity contribution in [3.63, 3.8) is 0 Å². The zero-order valence-electron chi connectivity index (χ0n) is 13.8. The molecule has 0 spiro atoms. The van der Waals surface area contributed by atoms with Crippen LogP contribution >= 0.6 is 11.8 Å². The van der Waals surface area contributed by atoms with Gasteiger partial charge >= 0.3 is 5.97 Å². The second-order valence-corrected chi connectivity index (χ2v) is 6.57. The number of para-hydroxylation sites is 1. The smallest absolute Gasteiger partial charge is 0.337 e. The van der Waals surface area contributed by atoms with Gasteiger partial charge in [0.25, 0.3) is 0 Å². The average Bonchev–Trinajstić information content (AvgIpc) is 2.77. The number of rotatable bonds is 3. The molecular formula is C19H19NO3S. The van der Waals surface area contributed by atoms with Crippen LogP contribution in [-0.2, 0) is 9.53 Å². The molecule has 24 heavy (non-hydrogen) atoms. The lowest BCUT2D eigenvalue weighted by atomic mass is 10.0. The summed E-state index contributed by atoms with van der Waals surface area (Å²) in [6.07, 6.45) is 0. The van der Waals surface area contributed by atoms with Crippen molar-refractivity contribution in [3.05, 3.63) is 65.4 Å². The molecule has 0 bridgehead atoms. The molecule has 1 N–H and O–H groups in total. The molecule has 3 rings (SSSR count). The topological polar surface area (TPSA) is 47.6 Å². The van der Waals surface area contributed by atoms with Gasteiger partial charge in [0.15, 0.2) is 0 Å². The lowest BCUT2D eigenvalue weighted by Crippen LogP contribution is -2.15. The number of carbonyl (C=O) groups excluding carboxylic acids is 1. The molecule has 0 saturated heterocycles. The summed E-state index contributed by atoms with van der Waals surface area (Å²) >= 11 is 1.64. The molecule has 2 aromatic rings. The number of hydrogen-bond donors (Lipinski definition) is 1. The van der Waals surface area contributed by atoms with E-state index in [0.29, 0.717) is 5.57 Å². The van der Waals surface area contributed by atoms with Crippen molar-refractivity contribution in [1.29, 1.82) is 0 Å². The summed E-state index contributed by atoms with van der Waals surface area (Å²) < 4.78 is 10.3. The maximum Gasteiger partial charge on any atom is 0.337 e. The van der Waals surface area contributed by atoms with E-state index in [4.69, 9.17) is 9.47 Å². The Morgan fingerprint density at radius 1 is 1.08 bits per heavy atom. The Kier molecular flexibility index (Phi) is 4.81. The van der Waals surface area contributed by atoms with Crippen molar-refractivity contribution in [2.75, 3.05) is 19.5 Å². The number of ether oxygens (including phenoxy) is 2. The monoisotopic (exact) mass is 341 g/mol. The molecule has 5 heteroatoms. The Hall–Kier alpha value is -2.40. The zero-order chi connectivity index (χ0) is 17.1. The predicted molar refractivity (Wildman–Crippen MR) is 96.4 cm³/mol. The molecule has 0 fully saturated rings. The number of allylic oxidation sites excluding steroid dienone is 1. The molecule has 1 aliphatic rings. The number of fused-ring (bicyclic) bond motifs is 1. The summed E-state index contributed by atoms with van der Waals surface area (Å²) in [6.45, 7) is 1.91. The number of carbonyl (C=O) groups is 1. The summed E-state index contributed by atoms with van der Waals surface area (Å²) in [5.41, 5.74) is 3.46. The van der Waals surface area contributed by atoms with Crippen molar-refractivity contribution in [2.45, 2.75) is 17.1 Å². The molecule has 4 nitrogen and oxygen atoms in total. The van der Waals surface area contributed by atoms with Gasteiger partial charge in [-0.25, -0.2) is 4.79 Å². The van der Waals surface area contributed by atoms with Gasteiger partial charge in [-0.1, -0.05) is 24.3 Å². The Balaban J connectivity index is 2.10. The lowest BCUT2D eigenvalue weighted by molar-refractivity contribution is -0.136. The highest BCUT2D eigenvalue weighted by Crippen LogP contribution is 2.47. The molecule has 2 aromatic carbocycles. The lowest BCUT2D eigenvalue weighted by Gasteiger charge is -2.19. The summed E-state index contributed by atoms with van der Waals surface area (Å²) in [7, 11) is 3.05. The van der Waals surface area contributed by atoms with E-state index in [1.807, 2.05) is 49.4 Å². The molecule has 0 radical (unpaired) electrons. The van der Waals surface area contributed by atoms with Gasteiger partial charge in [0.2, 0.25) is 0 Å². The van der Waals surface area contributed by atoms with E-state index in [1.165, 1.54) is 7.11 Å². The fraction of sp³-hybridized carbons (Fsp3) is 0.211. The van der Waals surface area contributed by atoms with E-state index in [0.717, 1.165) is 27.6 Å². The van der Waals surface area contributed by atoms with Crippen LogP contribution in [0.15, 0.2) is 64.7 Å². The Bertz CT molecular complexity index is 783. The van der Waals surface area contributed by atoms with Gasteiger partial charge in [-0.15, -0.1) is 11.8 Å². The minimum atomic E-state index is -0.318. The van der Waals surface area contributed by atoms with Gasteiger partial charge in [-0.3, -0.25) is 0 Å². The standard InChI is InChI=1S/C19H19NO3S/c1-12-17(19(21)23-3)18(13-8-10-14(22-2)11-9-13)24-16-7-5-4-6-15(16)20-12/h4-11,18,20H,1-3H3. The molecule has 1 aliphatic heterocycles. The highest BCUT2D eigenvalue weighted by molar-refractivity contribution is 8.00. The zero-order valence-corrected chi connectivity index (χ0v) is 14.6. The number of benzene rings is 2. The highest BCUT2D eigenvalue weighted by Gasteiger charge is 2.30. The van der Waals surface area contributed by atoms with E-state index in [-0.39, 0.29) is 11.2 Å². The van der Waals surface area contributed by atoms with Crippen LogP contribution in [0.3, 0.4) is 0 Å². The van der Waals surface area contributed by atoms with E-state index < -0.39 is 0 Å².